The molecule has 0 fully saturated rings. The molecule has 2 aromatic rings. The molecule has 0 aliphatic rings. The molecule has 0 aliphatic heterocycles. The third kappa shape index (κ3) is 10.3. The van der Waals surface area contributed by atoms with Crippen LogP contribution in [0.5, 0.6) is 5.75 Å². The van der Waals surface area contributed by atoms with Crippen molar-refractivity contribution in [1.82, 2.24) is 16.0 Å². The predicted octanol–water partition coefficient (Wildman–Crippen LogP) is 0.727. The molecule has 12 heteroatoms. The number of phenolic OH excluding ortho intramolecular Hbond substituents is 1. The Morgan fingerprint density at radius 3 is 1.95 bits per heavy atom. The third-order valence-electron chi connectivity index (χ3n) is 5.68. The zero-order valence-corrected chi connectivity index (χ0v) is 22.7. The molecule has 4 atom stereocenters. The van der Waals surface area contributed by atoms with Gasteiger partial charge in [-0.1, -0.05) is 42.5 Å². The fourth-order valence-electron chi connectivity index (χ4n) is 3.54. The van der Waals surface area contributed by atoms with E-state index < -0.39 is 47.9 Å². The zero-order valence-electron chi connectivity index (χ0n) is 21.0. The lowest BCUT2D eigenvalue weighted by molar-refractivity contribution is -0.142. The van der Waals surface area contributed by atoms with Crippen molar-refractivity contribution < 1.29 is 29.4 Å². The van der Waals surface area contributed by atoms with Crippen molar-refractivity contribution in [3.8, 4) is 5.75 Å². The number of nitrogens with one attached hydrogen (secondary N) is 3. The number of hydrogen-bond donors (Lipinski definition) is 7. The van der Waals surface area contributed by atoms with Gasteiger partial charge in [0.2, 0.25) is 17.7 Å². The van der Waals surface area contributed by atoms with Gasteiger partial charge in [-0.25, -0.2) is 4.79 Å². The third-order valence-corrected chi connectivity index (χ3v) is 6.72. The van der Waals surface area contributed by atoms with Crippen molar-refractivity contribution in [1.29, 1.82) is 0 Å². The van der Waals surface area contributed by atoms with Crippen LogP contribution in [0.2, 0.25) is 0 Å². The van der Waals surface area contributed by atoms with Crippen LogP contribution in [0.15, 0.2) is 54.6 Å². The van der Waals surface area contributed by atoms with Gasteiger partial charge in [-0.05, 0) is 41.7 Å². The number of rotatable bonds is 15. The molecule has 0 saturated carbocycles. The van der Waals surface area contributed by atoms with Gasteiger partial charge in [-0.3, -0.25) is 14.4 Å². The molecule has 0 radical (unpaired) electrons. The summed E-state index contributed by atoms with van der Waals surface area (Å²) in [5.74, 6) is -2.42. The lowest BCUT2D eigenvalue weighted by atomic mass is 10.0. The Bertz CT molecular complexity index is 1070. The summed E-state index contributed by atoms with van der Waals surface area (Å²) in [6, 6.07) is 10.8. The van der Waals surface area contributed by atoms with E-state index in [-0.39, 0.29) is 30.8 Å². The van der Waals surface area contributed by atoms with Crippen molar-refractivity contribution in [2.75, 3.05) is 17.8 Å². The van der Waals surface area contributed by atoms with Crippen LogP contribution in [0.1, 0.15) is 17.5 Å². The number of carboxylic acid groups (broad SMARTS) is 1. The second-order valence-electron chi connectivity index (χ2n) is 8.65. The van der Waals surface area contributed by atoms with Crippen LogP contribution < -0.4 is 21.7 Å². The molecular weight excluding hydrogens is 528 g/mol. The lowest BCUT2D eigenvalue weighted by Crippen LogP contribution is -2.58. The summed E-state index contributed by atoms with van der Waals surface area (Å²) in [4.78, 5) is 50.8. The van der Waals surface area contributed by atoms with Gasteiger partial charge < -0.3 is 31.9 Å². The average Bonchev–Trinajstić information content (AvgIpc) is 2.91. The van der Waals surface area contributed by atoms with Crippen LogP contribution in [0, 0.1) is 0 Å². The Kier molecular flexibility index (Phi) is 13.0. The second kappa shape index (κ2) is 15.9. The highest BCUT2D eigenvalue weighted by Crippen LogP contribution is 2.12. The summed E-state index contributed by atoms with van der Waals surface area (Å²) in [6.45, 7) is 0. The number of nitrogens with two attached hydrogens (primary N) is 1. The van der Waals surface area contributed by atoms with Crippen molar-refractivity contribution in [3.05, 3.63) is 65.7 Å². The Balaban J connectivity index is 2.20. The molecule has 0 spiro atoms. The van der Waals surface area contributed by atoms with Gasteiger partial charge in [0.1, 0.15) is 23.9 Å². The second-order valence-corrected chi connectivity index (χ2v) is 10.0. The summed E-state index contributed by atoms with van der Waals surface area (Å²) >= 11 is 5.49. The topological polar surface area (TPSA) is 171 Å². The van der Waals surface area contributed by atoms with E-state index >= 15 is 0 Å². The molecular formula is C26H34N4O6S2. The molecule has 2 rings (SSSR count). The Morgan fingerprint density at radius 1 is 0.842 bits per heavy atom. The highest BCUT2D eigenvalue weighted by molar-refractivity contribution is 7.98. The van der Waals surface area contributed by atoms with E-state index in [9.17, 15) is 29.4 Å². The number of carbonyl (C=O) groups excluding carboxylic acids is 3. The first kappa shape index (κ1) is 31.0. The van der Waals surface area contributed by atoms with Crippen LogP contribution in [-0.2, 0) is 32.0 Å². The van der Waals surface area contributed by atoms with Gasteiger partial charge in [0.25, 0.3) is 0 Å². The highest BCUT2D eigenvalue weighted by atomic mass is 32.2. The SMILES string of the molecule is CSCCC(NC(=O)C(Cc1ccc(O)cc1)NC(=O)C(N)CS)C(=O)NC(Cc1ccccc1)C(=O)O. The van der Waals surface area contributed by atoms with Gasteiger partial charge in [-0.2, -0.15) is 24.4 Å². The predicted molar refractivity (Wildman–Crippen MR) is 150 cm³/mol. The molecule has 2 aromatic carbocycles. The number of phenols is 1. The number of hydrogen-bond acceptors (Lipinski definition) is 8. The summed E-state index contributed by atoms with van der Waals surface area (Å²) in [5.41, 5.74) is 7.16. The molecule has 3 amide bonds. The van der Waals surface area contributed by atoms with Crippen LogP contribution in [0.25, 0.3) is 0 Å². The first-order chi connectivity index (χ1) is 18.1. The number of thioether (sulfide) groups is 1. The quantitative estimate of drug-likeness (QED) is 0.156. The first-order valence-electron chi connectivity index (χ1n) is 12.0. The molecule has 0 aliphatic carbocycles. The minimum atomic E-state index is -1.20. The Labute approximate surface area is 231 Å². The summed E-state index contributed by atoms with van der Waals surface area (Å²) in [5, 5.41) is 27.0. The molecule has 7 N–H and O–H groups in total. The largest absolute Gasteiger partial charge is 0.508 e. The first-order valence-corrected chi connectivity index (χ1v) is 14.0. The number of benzene rings is 2. The lowest BCUT2D eigenvalue weighted by Gasteiger charge is -2.25. The fourth-order valence-corrected chi connectivity index (χ4v) is 4.17. The number of aromatic hydroxyl groups is 1. The summed E-state index contributed by atoms with van der Waals surface area (Å²) < 4.78 is 0. The Hall–Kier alpha value is -3.22. The minimum absolute atomic E-state index is 0.0492. The van der Waals surface area contributed by atoms with E-state index in [4.69, 9.17) is 5.73 Å². The van der Waals surface area contributed by atoms with Gasteiger partial charge in [0, 0.05) is 18.6 Å². The Morgan fingerprint density at radius 2 is 1.37 bits per heavy atom. The van der Waals surface area contributed by atoms with Crippen molar-refractivity contribution in [3.63, 3.8) is 0 Å². The molecule has 0 heterocycles. The van der Waals surface area contributed by atoms with E-state index in [1.54, 1.807) is 36.4 Å². The molecule has 4 unspecified atom stereocenters. The van der Waals surface area contributed by atoms with Crippen molar-refractivity contribution in [2.24, 2.45) is 5.73 Å². The van der Waals surface area contributed by atoms with E-state index in [0.717, 1.165) is 5.56 Å². The van der Waals surface area contributed by atoms with Crippen molar-refractivity contribution >= 4 is 48.1 Å². The maximum atomic E-state index is 13.3. The number of amides is 3. The van der Waals surface area contributed by atoms with Crippen molar-refractivity contribution in [2.45, 2.75) is 43.4 Å². The van der Waals surface area contributed by atoms with E-state index in [1.807, 2.05) is 12.3 Å². The fraction of sp³-hybridized carbons (Fsp3) is 0.385. The number of carbonyl (C=O) groups is 4. The summed E-state index contributed by atoms with van der Waals surface area (Å²) in [7, 11) is 0. The van der Waals surface area contributed by atoms with Gasteiger partial charge in [0.15, 0.2) is 0 Å². The van der Waals surface area contributed by atoms with Crippen LogP contribution >= 0.6 is 24.4 Å². The molecule has 0 saturated heterocycles. The normalized spacial score (nSPS) is 14.0. The van der Waals surface area contributed by atoms with Crippen LogP contribution in [-0.4, -0.2) is 75.8 Å². The highest BCUT2D eigenvalue weighted by Gasteiger charge is 2.30. The smallest absolute Gasteiger partial charge is 0.326 e. The van der Waals surface area contributed by atoms with E-state index in [2.05, 4.69) is 28.6 Å². The standard InChI is InChI=1S/C26H34N4O6S2/c1-38-12-11-20(24(33)30-22(26(35)36)14-16-5-3-2-4-6-16)28-25(34)21(29-23(32)19(27)15-37)13-17-7-9-18(31)10-8-17/h2-10,19-22,31,37H,11-15,27H2,1H3,(H,28,34)(H,29,32)(H,30,33)(H,35,36). The molecule has 0 bridgehead atoms. The van der Waals surface area contributed by atoms with Gasteiger partial charge in [0.05, 0.1) is 6.04 Å². The number of aliphatic carboxylic acids is 1. The monoisotopic (exact) mass is 562 g/mol. The van der Waals surface area contributed by atoms with E-state index in [0.29, 0.717) is 11.3 Å². The number of thiol groups is 1. The average molecular weight is 563 g/mol. The van der Waals surface area contributed by atoms with E-state index in [1.165, 1.54) is 23.9 Å². The van der Waals surface area contributed by atoms with Crippen LogP contribution in [0.4, 0.5) is 0 Å². The minimum Gasteiger partial charge on any atom is -0.508 e. The van der Waals surface area contributed by atoms with Gasteiger partial charge >= 0.3 is 5.97 Å². The molecule has 206 valence electrons. The molecule has 0 aromatic heterocycles. The van der Waals surface area contributed by atoms with Gasteiger partial charge in [-0.15, -0.1) is 0 Å². The summed E-state index contributed by atoms with van der Waals surface area (Å²) in [6.07, 6.45) is 2.23. The molecule has 10 nitrogen and oxygen atoms in total. The maximum Gasteiger partial charge on any atom is 0.326 e. The zero-order chi connectivity index (χ0) is 28.1. The molecule has 38 heavy (non-hydrogen) atoms. The maximum absolute atomic E-state index is 13.3. The van der Waals surface area contributed by atoms with Crippen LogP contribution in [0.3, 0.4) is 0 Å². The number of carboxylic acids is 1.